The Bertz CT molecular complexity index is 145. The molecule has 1 heterocycles. The lowest BCUT2D eigenvalue weighted by Crippen LogP contribution is -2.38. The van der Waals surface area contributed by atoms with Crippen LogP contribution in [0, 0.1) is 0 Å². The van der Waals surface area contributed by atoms with E-state index in [0.29, 0.717) is 13.1 Å². The van der Waals surface area contributed by atoms with Crippen LogP contribution in [0.5, 0.6) is 0 Å². The van der Waals surface area contributed by atoms with E-state index < -0.39 is 6.09 Å². The fourth-order valence-electron chi connectivity index (χ4n) is 0.587. The first kappa shape index (κ1) is 5.87. The molecule has 0 radical (unpaired) electrons. The highest BCUT2D eigenvalue weighted by atomic mass is 16.4. The Labute approximate surface area is 52.0 Å². The van der Waals surface area contributed by atoms with E-state index in [-0.39, 0.29) is 0 Å². The maximum absolute atomic E-state index is 9.94. The molecule has 0 bridgehead atoms. The molecule has 0 aromatic rings. The minimum Gasteiger partial charge on any atom is -0.464 e. The van der Waals surface area contributed by atoms with Crippen molar-refractivity contribution in [1.29, 1.82) is 0 Å². The van der Waals surface area contributed by atoms with Crippen LogP contribution >= 0.6 is 0 Å². The molecule has 0 saturated heterocycles. The molecule has 0 fully saturated rings. The average Bonchev–Trinajstić information content (AvgIpc) is 2.15. The summed E-state index contributed by atoms with van der Waals surface area (Å²) in [6, 6.07) is 0. The third-order valence-electron chi connectivity index (χ3n) is 0.930. The zero-order chi connectivity index (χ0) is 6.69. The lowest BCUT2D eigenvalue weighted by molar-refractivity contribution is 0.173. The number of amides is 1. The maximum Gasteiger partial charge on any atom is 0.423 e. The van der Waals surface area contributed by atoms with Gasteiger partial charge < -0.3 is 5.11 Å². The van der Waals surface area contributed by atoms with Gasteiger partial charge in [-0.1, -0.05) is 0 Å². The first-order valence-electron chi connectivity index (χ1n) is 2.55. The lowest BCUT2D eigenvalue weighted by atomic mass is 10.7. The number of hydrazine groups is 1. The summed E-state index contributed by atoms with van der Waals surface area (Å²) in [5.74, 6) is 0. The van der Waals surface area contributed by atoms with E-state index in [1.165, 1.54) is 11.3 Å². The molecule has 0 unspecified atom stereocenters. The third kappa shape index (κ3) is 1.60. The molecule has 50 valence electrons. The van der Waals surface area contributed by atoms with Gasteiger partial charge >= 0.3 is 6.09 Å². The van der Waals surface area contributed by atoms with Gasteiger partial charge in [-0.15, -0.1) is 0 Å². The molecule has 1 aliphatic heterocycles. The summed E-state index contributed by atoms with van der Waals surface area (Å²) in [5, 5.41) is 9.58. The van der Waals surface area contributed by atoms with Crippen molar-refractivity contribution in [2.75, 3.05) is 13.1 Å². The van der Waals surface area contributed by atoms with E-state index in [1.807, 2.05) is 0 Å². The van der Waals surface area contributed by atoms with E-state index in [9.17, 15) is 4.79 Å². The molecular formula is C4H7N3O2. The van der Waals surface area contributed by atoms with Crippen molar-refractivity contribution in [3.05, 3.63) is 0 Å². The zero-order valence-corrected chi connectivity index (χ0v) is 4.74. The summed E-state index contributed by atoms with van der Waals surface area (Å²) < 4.78 is 0. The maximum atomic E-state index is 9.94. The fraction of sp³-hybridized carbons (Fsp3) is 0.500. The molecule has 1 aliphatic rings. The molecule has 9 heavy (non-hydrogen) atoms. The summed E-state index contributed by atoms with van der Waals surface area (Å²) in [6.45, 7) is 1.30. The third-order valence-corrected chi connectivity index (χ3v) is 0.930. The highest BCUT2D eigenvalue weighted by Gasteiger charge is 2.05. The number of aliphatic imine (C=N–C) groups is 1. The quantitative estimate of drug-likeness (QED) is 0.502. The van der Waals surface area contributed by atoms with Crippen LogP contribution in [0.4, 0.5) is 4.79 Å². The van der Waals surface area contributed by atoms with Gasteiger partial charge in [0, 0.05) is 0 Å². The number of nitrogens with one attached hydrogen (secondary N) is 1. The molecule has 0 aromatic heterocycles. The summed E-state index contributed by atoms with van der Waals surface area (Å²) in [4.78, 5) is 13.7. The van der Waals surface area contributed by atoms with Gasteiger partial charge in [0.2, 0.25) is 0 Å². The Morgan fingerprint density at radius 2 is 2.67 bits per heavy atom. The Morgan fingerprint density at radius 1 is 1.89 bits per heavy atom. The van der Waals surface area contributed by atoms with Crippen molar-refractivity contribution in [1.82, 2.24) is 10.4 Å². The van der Waals surface area contributed by atoms with E-state index >= 15 is 0 Å². The van der Waals surface area contributed by atoms with E-state index in [2.05, 4.69) is 10.4 Å². The summed E-state index contributed by atoms with van der Waals surface area (Å²) in [5.41, 5.74) is 2.14. The number of carbonyl (C=O) groups is 1. The van der Waals surface area contributed by atoms with Crippen molar-refractivity contribution < 1.29 is 9.90 Å². The van der Waals surface area contributed by atoms with Gasteiger partial charge in [-0.25, -0.2) is 10.2 Å². The molecule has 1 rings (SSSR count). The highest BCUT2D eigenvalue weighted by Crippen LogP contribution is 1.86. The predicted octanol–water partition coefficient (Wildman–Crippen LogP) is -0.487. The summed E-state index contributed by atoms with van der Waals surface area (Å²) >= 11 is 0. The van der Waals surface area contributed by atoms with Crippen molar-refractivity contribution in [2.24, 2.45) is 4.99 Å². The lowest BCUT2D eigenvalue weighted by Gasteiger charge is -2.10. The van der Waals surface area contributed by atoms with Gasteiger partial charge in [-0.2, -0.15) is 0 Å². The predicted molar refractivity (Wildman–Crippen MR) is 31.2 cm³/mol. The van der Waals surface area contributed by atoms with Crippen LogP contribution in [0.3, 0.4) is 0 Å². The Balaban J connectivity index is 2.28. The SMILES string of the molecule is O=C(O)NN1C=NCC1. The highest BCUT2D eigenvalue weighted by molar-refractivity contribution is 5.68. The van der Waals surface area contributed by atoms with Crippen LogP contribution in [0.15, 0.2) is 4.99 Å². The van der Waals surface area contributed by atoms with Crippen LogP contribution < -0.4 is 5.43 Å². The molecule has 0 spiro atoms. The number of rotatable bonds is 1. The van der Waals surface area contributed by atoms with Crippen LogP contribution in [0.1, 0.15) is 0 Å². The van der Waals surface area contributed by atoms with Gasteiger partial charge in [0.1, 0.15) is 6.34 Å². The molecular weight excluding hydrogens is 122 g/mol. The molecule has 5 nitrogen and oxygen atoms in total. The minimum absolute atomic E-state index is 0.631. The molecule has 0 aromatic carbocycles. The molecule has 5 heteroatoms. The average molecular weight is 129 g/mol. The van der Waals surface area contributed by atoms with Gasteiger partial charge in [-0.05, 0) is 0 Å². The van der Waals surface area contributed by atoms with Crippen molar-refractivity contribution in [3.63, 3.8) is 0 Å². The molecule has 0 atom stereocenters. The molecule has 1 amide bonds. The van der Waals surface area contributed by atoms with E-state index in [4.69, 9.17) is 5.11 Å². The number of nitrogens with zero attached hydrogens (tertiary/aromatic N) is 2. The second-order valence-electron chi connectivity index (χ2n) is 1.63. The normalized spacial score (nSPS) is 16.2. The minimum atomic E-state index is -1.05. The van der Waals surface area contributed by atoms with Crippen molar-refractivity contribution in [2.45, 2.75) is 0 Å². The van der Waals surface area contributed by atoms with Gasteiger partial charge in [0.25, 0.3) is 0 Å². The van der Waals surface area contributed by atoms with Crippen molar-refractivity contribution >= 4 is 12.4 Å². The van der Waals surface area contributed by atoms with Crippen LogP contribution in [-0.4, -0.2) is 35.6 Å². The van der Waals surface area contributed by atoms with Crippen LogP contribution in [-0.2, 0) is 0 Å². The smallest absolute Gasteiger partial charge is 0.423 e. The van der Waals surface area contributed by atoms with Crippen LogP contribution in [0.25, 0.3) is 0 Å². The fourth-order valence-corrected chi connectivity index (χ4v) is 0.587. The summed E-state index contributed by atoms with van der Waals surface area (Å²) in [7, 11) is 0. The Kier molecular flexibility index (Phi) is 1.53. The second kappa shape index (κ2) is 2.34. The molecule has 0 aliphatic carbocycles. The number of hydrogen-bond acceptors (Lipinski definition) is 3. The first-order chi connectivity index (χ1) is 4.29. The van der Waals surface area contributed by atoms with Crippen molar-refractivity contribution in [3.8, 4) is 0 Å². The molecule has 2 N–H and O–H groups in total. The Morgan fingerprint density at radius 3 is 3.11 bits per heavy atom. The second-order valence-corrected chi connectivity index (χ2v) is 1.63. The van der Waals surface area contributed by atoms with Gasteiger partial charge in [0.15, 0.2) is 0 Å². The standard InChI is InChI=1S/C4H7N3O2/c8-4(9)6-7-2-1-5-3-7/h3,6H,1-2H2,(H,8,9). The number of hydrogen-bond donors (Lipinski definition) is 2. The summed E-state index contributed by atoms with van der Waals surface area (Å²) in [6.07, 6.45) is 0.414. The van der Waals surface area contributed by atoms with Gasteiger partial charge in [0.05, 0.1) is 13.1 Å². The van der Waals surface area contributed by atoms with Crippen LogP contribution in [0.2, 0.25) is 0 Å². The topological polar surface area (TPSA) is 64.9 Å². The van der Waals surface area contributed by atoms with E-state index in [1.54, 1.807) is 0 Å². The zero-order valence-electron chi connectivity index (χ0n) is 4.74. The Hall–Kier alpha value is -1.26. The molecule has 0 saturated carbocycles. The van der Waals surface area contributed by atoms with E-state index in [0.717, 1.165) is 0 Å². The van der Waals surface area contributed by atoms with Gasteiger partial charge in [-0.3, -0.25) is 10.0 Å². The monoisotopic (exact) mass is 129 g/mol. The number of carboxylic acid groups (broad SMARTS) is 1. The first-order valence-corrected chi connectivity index (χ1v) is 2.55. The largest absolute Gasteiger partial charge is 0.464 e.